The van der Waals surface area contributed by atoms with Gasteiger partial charge >= 0.3 is 0 Å². The molecule has 0 saturated carbocycles. The molecule has 0 radical (unpaired) electrons. The van der Waals surface area contributed by atoms with Gasteiger partial charge in [0.05, 0.1) is 24.4 Å². The van der Waals surface area contributed by atoms with Gasteiger partial charge in [-0.25, -0.2) is 4.98 Å². The Balaban J connectivity index is 1.49. The van der Waals surface area contributed by atoms with Gasteiger partial charge in [-0.1, -0.05) is 18.2 Å². The van der Waals surface area contributed by atoms with E-state index in [1.807, 2.05) is 42.5 Å². The van der Waals surface area contributed by atoms with Gasteiger partial charge in [0.15, 0.2) is 0 Å². The number of fused-ring (bicyclic) bond motifs is 1. The molecule has 6 nitrogen and oxygen atoms in total. The minimum absolute atomic E-state index is 0.0641. The van der Waals surface area contributed by atoms with Crippen LogP contribution in [0.5, 0.6) is 5.75 Å². The SMILES string of the molecule is OCc1cc2ccccc2nc1NCc1cc(OC2CCNC2)ccn1. The van der Waals surface area contributed by atoms with E-state index < -0.39 is 0 Å². The molecule has 1 aromatic carbocycles. The smallest absolute Gasteiger partial charge is 0.132 e. The van der Waals surface area contributed by atoms with Crippen molar-refractivity contribution < 1.29 is 9.84 Å². The van der Waals surface area contributed by atoms with Crippen LogP contribution in [0.2, 0.25) is 0 Å². The Morgan fingerprint density at radius 3 is 3.00 bits per heavy atom. The summed E-state index contributed by atoms with van der Waals surface area (Å²) < 4.78 is 5.98. The summed E-state index contributed by atoms with van der Waals surface area (Å²) in [4.78, 5) is 9.03. The molecule has 0 aliphatic carbocycles. The number of hydrogen-bond donors (Lipinski definition) is 3. The molecule has 6 heteroatoms. The normalized spacial score (nSPS) is 16.7. The van der Waals surface area contributed by atoms with E-state index in [4.69, 9.17) is 4.74 Å². The van der Waals surface area contributed by atoms with Gasteiger partial charge in [-0.15, -0.1) is 0 Å². The maximum absolute atomic E-state index is 9.66. The van der Waals surface area contributed by atoms with Gasteiger partial charge < -0.3 is 20.5 Å². The molecular formula is C20H22N4O2. The van der Waals surface area contributed by atoms with Crippen molar-refractivity contribution in [3.05, 3.63) is 59.9 Å². The Morgan fingerprint density at radius 2 is 2.15 bits per heavy atom. The molecule has 1 aliphatic heterocycles. The largest absolute Gasteiger partial charge is 0.489 e. The highest BCUT2D eigenvalue weighted by Gasteiger charge is 2.16. The Morgan fingerprint density at radius 1 is 1.23 bits per heavy atom. The Kier molecular flexibility index (Phi) is 4.95. The summed E-state index contributed by atoms with van der Waals surface area (Å²) in [6.45, 7) is 2.34. The number of para-hydroxylation sites is 1. The van der Waals surface area contributed by atoms with Crippen LogP contribution in [-0.2, 0) is 13.2 Å². The first kappa shape index (κ1) is 16.8. The molecule has 0 bridgehead atoms. The van der Waals surface area contributed by atoms with Gasteiger partial charge in [-0.2, -0.15) is 0 Å². The van der Waals surface area contributed by atoms with Gasteiger partial charge in [0.25, 0.3) is 0 Å². The van der Waals surface area contributed by atoms with Gasteiger partial charge in [-0.3, -0.25) is 4.98 Å². The van der Waals surface area contributed by atoms with E-state index in [2.05, 4.69) is 20.6 Å². The van der Waals surface area contributed by atoms with Crippen molar-refractivity contribution in [1.29, 1.82) is 0 Å². The first-order valence-corrected chi connectivity index (χ1v) is 8.87. The minimum atomic E-state index is -0.0641. The predicted molar refractivity (Wildman–Crippen MR) is 101 cm³/mol. The maximum atomic E-state index is 9.66. The second kappa shape index (κ2) is 7.68. The molecule has 1 fully saturated rings. The van der Waals surface area contributed by atoms with Gasteiger partial charge in [-0.05, 0) is 31.2 Å². The molecule has 134 valence electrons. The Labute approximate surface area is 152 Å². The third-order valence-electron chi connectivity index (χ3n) is 4.52. The average molecular weight is 350 g/mol. The molecule has 4 rings (SSSR count). The molecule has 3 aromatic rings. The van der Waals surface area contributed by atoms with Crippen molar-refractivity contribution in [3.63, 3.8) is 0 Å². The quantitative estimate of drug-likeness (QED) is 0.634. The fraction of sp³-hybridized carbons (Fsp3) is 0.300. The summed E-state index contributed by atoms with van der Waals surface area (Å²) in [7, 11) is 0. The number of nitrogens with one attached hydrogen (secondary N) is 2. The number of anilines is 1. The fourth-order valence-corrected chi connectivity index (χ4v) is 3.15. The van der Waals surface area contributed by atoms with Gasteiger partial charge in [0.1, 0.15) is 17.7 Å². The van der Waals surface area contributed by atoms with E-state index in [1.165, 1.54) is 0 Å². The highest BCUT2D eigenvalue weighted by atomic mass is 16.5. The average Bonchev–Trinajstić information content (AvgIpc) is 3.19. The number of nitrogens with zero attached hydrogens (tertiary/aromatic N) is 2. The third kappa shape index (κ3) is 3.76. The molecule has 1 atom stereocenters. The molecule has 2 aromatic heterocycles. The molecule has 1 unspecified atom stereocenters. The molecule has 1 aliphatic rings. The second-order valence-corrected chi connectivity index (χ2v) is 6.42. The van der Waals surface area contributed by atoms with Crippen molar-refractivity contribution in [3.8, 4) is 5.75 Å². The highest BCUT2D eigenvalue weighted by Crippen LogP contribution is 2.22. The zero-order valence-electron chi connectivity index (χ0n) is 14.5. The lowest BCUT2D eigenvalue weighted by Crippen LogP contribution is -2.19. The molecule has 3 heterocycles. The zero-order valence-corrected chi connectivity index (χ0v) is 14.5. The summed E-state index contributed by atoms with van der Waals surface area (Å²) in [6, 6.07) is 13.7. The van der Waals surface area contributed by atoms with Crippen molar-refractivity contribution in [2.24, 2.45) is 0 Å². The first-order valence-electron chi connectivity index (χ1n) is 8.87. The summed E-state index contributed by atoms with van der Waals surface area (Å²) in [5.74, 6) is 1.51. The topological polar surface area (TPSA) is 79.3 Å². The maximum Gasteiger partial charge on any atom is 0.132 e. The van der Waals surface area contributed by atoms with E-state index in [1.54, 1.807) is 6.20 Å². The molecule has 3 N–H and O–H groups in total. The van der Waals surface area contributed by atoms with Crippen molar-refractivity contribution in [2.45, 2.75) is 25.7 Å². The molecule has 0 spiro atoms. The molecule has 26 heavy (non-hydrogen) atoms. The van der Waals surface area contributed by atoms with Gasteiger partial charge in [0, 0.05) is 29.8 Å². The third-order valence-corrected chi connectivity index (χ3v) is 4.52. The van der Waals surface area contributed by atoms with Crippen LogP contribution in [0.25, 0.3) is 10.9 Å². The number of aliphatic hydroxyl groups is 1. The van der Waals surface area contributed by atoms with E-state index in [9.17, 15) is 5.11 Å². The predicted octanol–water partition coefficient (Wildman–Crippen LogP) is 2.47. The number of benzene rings is 1. The summed E-state index contributed by atoms with van der Waals surface area (Å²) in [5, 5.41) is 17.3. The summed E-state index contributed by atoms with van der Waals surface area (Å²) in [5.41, 5.74) is 2.53. The number of hydrogen-bond acceptors (Lipinski definition) is 6. The van der Waals surface area contributed by atoms with E-state index in [0.717, 1.165) is 47.4 Å². The molecular weight excluding hydrogens is 328 g/mol. The van der Waals surface area contributed by atoms with Crippen LogP contribution in [0.4, 0.5) is 5.82 Å². The monoisotopic (exact) mass is 350 g/mol. The van der Waals surface area contributed by atoms with Crippen LogP contribution in [0.1, 0.15) is 17.7 Å². The highest BCUT2D eigenvalue weighted by molar-refractivity contribution is 5.81. The number of pyridine rings is 2. The number of aliphatic hydroxyl groups excluding tert-OH is 1. The van der Waals surface area contributed by atoms with E-state index in [0.29, 0.717) is 12.4 Å². The molecule has 0 amide bonds. The first-order chi connectivity index (χ1) is 12.8. The minimum Gasteiger partial charge on any atom is -0.489 e. The Bertz CT molecular complexity index is 894. The molecule has 1 saturated heterocycles. The van der Waals surface area contributed by atoms with Crippen molar-refractivity contribution >= 4 is 16.7 Å². The van der Waals surface area contributed by atoms with E-state index >= 15 is 0 Å². The number of ether oxygens (including phenoxy) is 1. The number of aromatic nitrogens is 2. The van der Waals surface area contributed by atoms with E-state index in [-0.39, 0.29) is 12.7 Å². The lowest BCUT2D eigenvalue weighted by molar-refractivity contribution is 0.222. The fourth-order valence-electron chi connectivity index (χ4n) is 3.15. The summed E-state index contributed by atoms with van der Waals surface area (Å²) in [6.07, 6.45) is 3.01. The standard InChI is InChI=1S/C20H22N4O2/c25-13-15-9-14-3-1-2-4-19(14)24-20(15)23-11-16-10-17(6-8-22-16)26-18-5-7-21-12-18/h1-4,6,8-10,18,21,25H,5,7,11-13H2,(H,23,24). The Hall–Kier alpha value is -2.70. The van der Waals surface area contributed by atoms with Crippen LogP contribution in [0, 0.1) is 0 Å². The lowest BCUT2D eigenvalue weighted by Gasteiger charge is -2.14. The van der Waals surface area contributed by atoms with Crippen LogP contribution < -0.4 is 15.4 Å². The van der Waals surface area contributed by atoms with Crippen LogP contribution in [0.3, 0.4) is 0 Å². The second-order valence-electron chi connectivity index (χ2n) is 6.42. The van der Waals surface area contributed by atoms with Crippen LogP contribution >= 0.6 is 0 Å². The van der Waals surface area contributed by atoms with Crippen LogP contribution in [0.15, 0.2) is 48.7 Å². The zero-order chi connectivity index (χ0) is 17.8. The van der Waals surface area contributed by atoms with Crippen LogP contribution in [-0.4, -0.2) is 34.3 Å². The van der Waals surface area contributed by atoms with Crippen molar-refractivity contribution in [1.82, 2.24) is 15.3 Å². The van der Waals surface area contributed by atoms with Gasteiger partial charge in [0.2, 0.25) is 0 Å². The van der Waals surface area contributed by atoms with Crippen molar-refractivity contribution in [2.75, 3.05) is 18.4 Å². The lowest BCUT2D eigenvalue weighted by atomic mass is 10.1. The number of rotatable bonds is 6. The summed E-state index contributed by atoms with van der Waals surface area (Å²) >= 11 is 0.